The number of nitrogens with one attached hydrogen (secondary N) is 4. The van der Waals surface area contributed by atoms with Crippen molar-refractivity contribution in [2.24, 2.45) is 13.0 Å². The summed E-state index contributed by atoms with van der Waals surface area (Å²) >= 11 is 0. The van der Waals surface area contributed by atoms with Crippen LogP contribution in [-0.4, -0.2) is 50.8 Å². The van der Waals surface area contributed by atoms with Gasteiger partial charge in [-0.3, -0.25) is 10.2 Å². The van der Waals surface area contributed by atoms with Gasteiger partial charge in [0, 0.05) is 18.6 Å². The fourth-order valence-electron chi connectivity index (χ4n) is 3.80. The fraction of sp³-hybridized carbons (Fsp3) is 0.778. The van der Waals surface area contributed by atoms with E-state index >= 15 is 0 Å². The highest BCUT2D eigenvalue weighted by Gasteiger charge is 2.37. The molecule has 1 aliphatic carbocycles. The molecular formula is C18H31N7O3. The van der Waals surface area contributed by atoms with Gasteiger partial charge in [0.15, 0.2) is 0 Å². The summed E-state index contributed by atoms with van der Waals surface area (Å²) in [5.74, 6) is 0.314. The average Bonchev–Trinajstić information content (AvgIpc) is 3.27. The molecule has 10 heteroatoms. The average molecular weight is 393 g/mol. The number of amides is 2. The highest BCUT2D eigenvalue weighted by Crippen LogP contribution is 2.33. The number of alkyl carbamates (subject to hydrolysis) is 1. The Labute approximate surface area is 165 Å². The Bertz CT molecular complexity index is 700. The number of hydrogen-bond donors (Lipinski definition) is 4. The Balaban J connectivity index is 1.39. The standard InChI is InChI=1S/C18H31N7O3/c1-18(2,3)21-17(27)28-13-6-5-11(7-13)14-9-15(23-22-14)20-16(26)8-12-10-19-25(4)24-12/h10-11,13-15,22-23H,5-9H2,1-4H3,(H,20,26)(H,21,27)/t11-,13+,14?,15?/m0/s1. The monoisotopic (exact) mass is 393 g/mol. The summed E-state index contributed by atoms with van der Waals surface area (Å²) in [5, 5.41) is 13.9. The van der Waals surface area contributed by atoms with E-state index in [2.05, 4.69) is 31.7 Å². The van der Waals surface area contributed by atoms with Crippen LogP contribution in [0.5, 0.6) is 0 Å². The predicted molar refractivity (Wildman–Crippen MR) is 102 cm³/mol. The minimum atomic E-state index is -0.357. The van der Waals surface area contributed by atoms with Gasteiger partial charge in [-0.25, -0.2) is 10.2 Å². The lowest BCUT2D eigenvalue weighted by molar-refractivity contribution is -0.121. The highest BCUT2D eigenvalue weighted by molar-refractivity contribution is 5.78. The van der Waals surface area contributed by atoms with Crippen molar-refractivity contribution in [3.8, 4) is 0 Å². The third-order valence-corrected chi connectivity index (χ3v) is 5.00. The summed E-state index contributed by atoms with van der Waals surface area (Å²) in [4.78, 5) is 25.6. The van der Waals surface area contributed by atoms with Gasteiger partial charge in [-0.1, -0.05) is 0 Å². The lowest BCUT2D eigenvalue weighted by Gasteiger charge is -2.22. The van der Waals surface area contributed by atoms with Crippen molar-refractivity contribution in [3.63, 3.8) is 0 Å². The van der Waals surface area contributed by atoms with Crippen LogP contribution in [0.25, 0.3) is 0 Å². The van der Waals surface area contributed by atoms with Gasteiger partial charge < -0.3 is 15.4 Å². The summed E-state index contributed by atoms with van der Waals surface area (Å²) < 4.78 is 5.55. The normalized spacial score (nSPS) is 27.6. The molecule has 1 saturated carbocycles. The molecule has 0 bridgehead atoms. The summed E-state index contributed by atoms with van der Waals surface area (Å²) in [6, 6.07) is 0.237. The number of aryl methyl sites for hydroxylation is 1. The summed E-state index contributed by atoms with van der Waals surface area (Å²) in [5.41, 5.74) is 6.77. The maximum atomic E-state index is 12.2. The topological polar surface area (TPSA) is 122 Å². The van der Waals surface area contributed by atoms with Crippen LogP contribution in [0.3, 0.4) is 0 Å². The fourth-order valence-corrected chi connectivity index (χ4v) is 3.80. The molecule has 10 nitrogen and oxygen atoms in total. The van der Waals surface area contributed by atoms with Crippen molar-refractivity contribution in [2.75, 3.05) is 0 Å². The maximum absolute atomic E-state index is 12.2. The van der Waals surface area contributed by atoms with Crippen molar-refractivity contribution < 1.29 is 14.3 Å². The second-order valence-electron chi connectivity index (χ2n) is 8.73. The number of carbonyl (C=O) groups is 2. The van der Waals surface area contributed by atoms with Gasteiger partial charge in [-0.05, 0) is 52.4 Å². The first-order chi connectivity index (χ1) is 13.2. The van der Waals surface area contributed by atoms with Crippen LogP contribution in [0, 0.1) is 5.92 Å². The summed E-state index contributed by atoms with van der Waals surface area (Å²) in [6.45, 7) is 5.79. The van der Waals surface area contributed by atoms with Crippen molar-refractivity contribution in [3.05, 3.63) is 11.9 Å². The van der Waals surface area contributed by atoms with Crippen LogP contribution >= 0.6 is 0 Å². The van der Waals surface area contributed by atoms with Crippen molar-refractivity contribution in [1.29, 1.82) is 0 Å². The molecule has 2 amide bonds. The molecule has 0 aromatic carbocycles. The maximum Gasteiger partial charge on any atom is 0.407 e. The molecule has 0 radical (unpaired) electrons. The molecule has 2 heterocycles. The molecule has 28 heavy (non-hydrogen) atoms. The van der Waals surface area contributed by atoms with E-state index in [0.29, 0.717) is 11.6 Å². The molecule has 2 aliphatic rings. The van der Waals surface area contributed by atoms with E-state index in [1.165, 1.54) is 4.80 Å². The van der Waals surface area contributed by atoms with Gasteiger partial charge in [0.2, 0.25) is 5.91 Å². The molecule has 1 saturated heterocycles. The number of hydrazine groups is 1. The Kier molecular flexibility index (Phi) is 6.19. The van der Waals surface area contributed by atoms with Crippen LogP contribution in [0.15, 0.2) is 6.20 Å². The first-order valence-corrected chi connectivity index (χ1v) is 9.82. The van der Waals surface area contributed by atoms with Crippen molar-refractivity contribution in [2.45, 2.75) is 76.7 Å². The zero-order chi connectivity index (χ0) is 20.3. The van der Waals surface area contributed by atoms with E-state index in [4.69, 9.17) is 4.74 Å². The smallest absolute Gasteiger partial charge is 0.407 e. The minimum absolute atomic E-state index is 0.0561. The number of aromatic nitrogens is 3. The second kappa shape index (κ2) is 8.44. The van der Waals surface area contributed by atoms with Crippen LogP contribution in [0.2, 0.25) is 0 Å². The number of nitrogens with zero attached hydrogens (tertiary/aromatic N) is 3. The van der Waals surface area contributed by atoms with Crippen LogP contribution in [0.1, 0.15) is 52.1 Å². The first kappa shape index (κ1) is 20.5. The minimum Gasteiger partial charge on any atom is -0.446 e. The van der Waals surface area contributed by atoms with Gasteiger partial charge in [-0.2, -0.15) is 15.0 Å². The molecule has 1 aromatic rings. The molecule has 3 rings (SSSR count). The van der Waals surface area contributed by atoms with E-state index in [0.717, 1.165) is 25.7 Å². The van der Waals surface area contributed by atoms with Gasteiger partial charge in [0.05, 0.1) is 24.5 Å². The number of carbonyl (C=O) groups excluding carboxylic acids is 2. The largest absolute Gasteiger partial charge is 0.446 e. The molecule has 2 unspecified atom stereocenters. The zero-order valence-electron chi connectivity index (χ0n) is 17.0. The molecule has 1 aliphatic heterocycles. The molecule has 4 atom stereocenters. The van der Waals surface area contributed by atoms with Crippen molar-refractivity contribution in [1.82, 2.24) is 36.5 Å². The van der Waals surface area contributed by atoms with E-state index < -0.39 is 0 Å². The van der Waals surface area contributed by atoms with E-state index in [9.17, 15) is 9.59 Å². The van der Waals surface area contributed by atoms with Crippen LogP contribution in [-0.2, 0) is 23.0 Å². The van der Waals surface area contributed by atoms with Gasteiger partial charge in [0.1, 0.15) is 6.10 Å². The quantitative estimate of drug-likeness (QED) is 0.570. The summed E-state index contributed by atoms with van der Waals surface area (Å²) in [7, 11) is 1.72. The Morgan fingerprint density at radius 1 is 1.29 bits per heavy atom. The Morgan fingerprint density at radius 3 is 2.75 bits per heavy atom. The van der Waals surface area contributed by atoms with Crippen molar-refractivity contribution >= 4 is 12.0 Å². The molecular weight excluding hydrogens is 362 g/mol. The van der Waals surface area contributed by atoms with Gasteiger partial charge in [0.25, 0.3) is 0 Å². The predicted octanol–water partition coefficient (Wildman–Crippen LogP) is 0.360. The van der Waals surface area contributed by atoms with E-state index in [1.807, 2.05) is 20.8 Å². The highest BCUT2D eigenvalue weighted by atomic mass is 16.6. The first-order valence-electron chi connectivity index (χ1n) is 9.82. The zero-order valence-corrected chi connectivity index (χ0v) is 17.0. The molecule has 2 fully saturated rings. The third kappa shape index (κ3) is 5.90. The van der Waals surface area contributed by atoms with Gasteiger partial charge in [-0.15, -0.1) is 0 Å². The molecule has 4 N–H and O–H groups in total. The van der Waals surface area contributed by atoms with Crippen LogP contribution in [0.4, 0.5) is 4.79 Å². The SMILES string of the molecule is Cn1ncc(CC(=O)NC2CC([C@H]3CC[C@@H](OC(=O)NC(C)(C)C)C3)NN2)n1. The lowest BCUT2D eigenvalue weighted by atomic mass is 9.96. The Morgan fingerprint density at radius 2 is 2.07 bits per heavy atom. The molecule has 156 valence electrons. The number of ether oxygens (including phenoxy) is 1. The molecule has 1 aromatic heterocycles. The number of rotatable bonds is 5. The van der Waals surface area contributed by atoms with E-state index in [-0.39, 0.29) is 42.3 Å². The molecule has 0 spiro atoms. The third-order valence-electron chi connectivity index (χ3n) is 5.00. The second-order valence-corrected chi connectivity index (χ2v) is 8.73. The summed E-state index contributed by atoms with van der Waals surface area (Å²) in [6.07, 6.45) is 4.74. The van der Waals surface area contributed by atoms with Gasteiger partial charge >= 0.3 is 6.09 Å². The Hall–Kier alpha value is -2.20. The number of hydrogen-bond acceptors (Lipinski definition) is 7. The lowest BCUT2D eigenvalue weighted by Crippen LogP contribution is -2.45. The van der Waals surface area contributed by atoms with E-state index in [1.54, 1.807) is 13.2 Å². The van der Waals surface area contributed by atoms with Crippen LogP contribution < -0.4 is 21.5 Å².